The first-order valence-electron chi connectivity index (χ1n) is 12.4. The third-order valence-corrected chi connectivity index (χ3v) is 7.90. The van der Waals surface area contributed by atoms with E-state index in [1.54, 1.807) is 12.1 Å². The van der Waals surface area contributed by atoms with Crippen LogP contribution in [0.1, 0.15) is 28.7 Å². The minimum Gasteiger partial charge on any atom is -0.504 e. The van der Waals surface area contributed by atoms with Crippen LogP contribution in [0.15, 0.2) is 24.3 Å². The Bertz CT molecular complexity index is 1280. The summed E-state index contributed by atoms with van der Waals surface area (Å²) >= 11 is 0. The topological polar surface area (TPSA) is 194 Å². The molecule has 0 saturated carbocycles. The van der Waals surface area contributed by atoms with Crippen LogP contribution >= 0.6 is 0 Å². The second kappa shape index (κ2) is 9.70. The number of carbonyl (C=O) groups excluding carboxylic acids is 1. The third kappa shape index (κ3) is 4.04. The van der Waals surface area contributed by atoms with E-state index in [1.165, 1.54) is 19.2 Å². The molecule has 2 aromatic carbocycles. The van der Waals surface area contributed by atoms with Crippen LogP contribution < -0.4 is 14.2 Å². The first-order chi connectivity index (χ1) is 18.7. The maximum atomic E-state index is 13.2. The zero-order valence-electron chi connectivity index (χ0n) is 20.7. The van der Waals surface area contributed by atoms with Gasteiger partial charge in [0.25, 0.3) is 0 Å². The average Bonchev–Trinajstić information content (AvgIpc) is 3.55. The fraction of sp³-hybridized carbons (Fsp3) is 0.500. The highest BCUT2D eigenvalue weighted by Crippen LogP contribution is 2.56. The van der Waals surface area contributed by atoms with E-state index in [-0.39, 0.29) is 19.1 Å². The number of carbonyl (C=O) groups is 1. The Morgan fingerprint density at radius 2 is 1.67 bits per heavy atom. The van der Waals surface area contributed by atoms with Gasteiger partial charge in [-0.25, -0.2) is 0 Å². The lowest BCUT2D eigenvalue weighted by Crippen LogP contribution is -2.59. The van der Waals surface area contributed by atoms with E-state index < -0.39 is 78.6 Å². The number of rotatable bonds is 5. The van der Waals surface area contributed by atoms with Crippen molar-refractivity contribution >= 4 is 5.97 Å². The molecule has 0 amide bonds. The van der Waals surface area contributed by atoms with E-state index in [0.717, 1.165) is 0 Å². The van der Waals surface area contributed by atoms with Crippen molar-refractivity contribution in [3.8, 4) is 28.7 Å². The number of fused-ring (bicyclic) bond motifs is 3. The number of ether oxygens (including phenoxy) is 6. The molecule has 0 radical (unpaired) electrons. The largest absolute Gasteiger partial charge is 0.504 e. The summed E-state index contributed by atoms with van der Waals surface area (Å²) in [4.78, 5) is 13.2. The number of aliphatic hydroxyl groups excluding tert-OH is 4. The van der Waals surface area contributed by atoms with Gasteiger partial charge in [-0.15, -0.1) is 0 Å². The van der Waals surface area contributed by atoms with Gasteiger partial charge in [-0.3, -0.25) is 4.79 Å². The Labute approximate surface area is 221 Å². The van der Waals surface area contributed by atoms with Crippen LogP contribution in [0.4, 0.5) is 0 Å². The van der Waals surface area contributed by atoms with Crippen molar-refractivity contribution in [3.63, 3.8) is 0 Å². The number of methoxy groups -OCH3 is 1. The molecule has 13 heteroatoms. The Kier molecular flexibility index (Phi) is 6.44. The molecule has 2 fully saturated rings. The molecule has 2 saturated heterocycles. The third-order valence-electron chi connectivity index (χ3n) is 7.90. The van der Waals surface area contributed by atoms with Gasteiger partial charge >= 0.3 is 5.97 Å². The molecule has 0 aromatic heterocycles. The summed E-state index contributed by atoms with van der Waals surface area (Å²) in [5.41, 5.74) is 1.58. The number of phenolic OH excluding ortho intramolecular Hbond substituents is 2. The fourth-order valence-corrected chi connectivity index (χ4v) is 5.96. The van der Waals surface area contributed by atoms with Crippen molar-refractivity contribution in [2.75, 3.05) is 27.1 Å². The second-order valence-electron chi connectivity index (χ2n) is 9.98. The van der Waals surface area contributed by atoms with Crippen LogP contribution in [0.5, 0.6) is 28.7 Å². The molecule has 3 heterocycles. The number of hydrogen-bond acceptors (Lipinski definition) is 13. The molecule has 13 nitrogen and oxygen atoms in total. The molecular weight excluding hydrogens is 520 g/mol. The number of aromatic hydroxyl groups is 2. The monoisotopic (exact) mass is 548 g/mol. The summed E-state index contributed by atoms with van der Waals surface area (Å²) in [5.74, 6) is -2.70. The van der Waals surface area contributed by atoms with Crippen LogP contribution in [-0.2, 0) is 19.0 Å². The Morgan fingerprint density at radius 3 is 2.36 bits per heavy atom. The van der Waals surface area contributed by atoms with Gasteiger partial charge in [0.1, 0.15) is 24.4 Å². The summed E-state index contributed by atoms with van der Waals surface area (Å²) in [6, 6.07) is 6.26. The summed E-state index contributed by atoms with van der Waals surface area (Å²) < 4.78 is 33.7. The molecule has 6 rings (SSSR count). The molecule has 0 unspecified atom stereocenters. The average molecular weight is 548 g/mol. The highest BCUT2D eigenvalue weighted by atomic mass is 16.7. The molecule has 4 aliphatic rings. The van der Waals surface area contributed by atoms with Gasteiger partial charge in [-0.2, -0.15) is 0 Å². The van der Waals surface area contributed by atoms with Crippen LogP contribution in [0.3, 0.4) is 0 Å². The quantitative estimate of drug-likeness (QED) is 0.209. The number of hydrogen-bond donors (Lipinski definition) is 6. The van der Waals surface area contributed by atoms with Gasteiger partial charge in [-0.1, -0.05) is 0 Å². The maximum Gasteiger partial charge on any atom is 0.310 e. The molecule has 39 heavy (non-hydrogen) atoms. The molecule has 0 spiro atoms. The number of benzene rings is 2. The van der Waals surface area contributed by atoms with Gasteiger partial charge in [0.15, 0.2) is 29.3 Å². The van der Waals surface area contributed by atoms with Crippen LogP contribution in [0.25, 0.3) is 0 Å². The van der Waals surface area contributed by atoms with E-state index in [2.05, 4.69) is 0 Å². The van der Waals surface area contributed by atoms with Gasteiger partial charge < -0.3 is 59.1 Å². The van der Waals surface area contributed by atoms with Gasteiger partial charge in [0.2, 0.25) is 12.5 Å². The number of aliphatic hydroxyl groups is 4. The summed E-state index contributed by atoms with van der Waals surface area (Å²) in [5, 5.41) is 61.3. The smallest absolute Gasteiger partial charge is 0.310 e. The molecule has 0 bridgehead atoms. The highest BCUT2D eigenvalue weighted by Gasteiger charge is 2.55. The Balaban J connectivity index is 1.48. The van der Waals surface area contributed by atoms with Gasteiger partial charge in [0, 0.05) is 11.8 Å². The molecule has 2 aromatic rings. The van der Waals surface area contributed by atoms with Crippen molar-refractivity contribution in [2.45, 2.75) is 42.7 Å². The second-order valence-corrected chi connectivity index (χ2v) is 9.98. The lowest BCUT2D eigenvalue weighted by atomic mass is 9.66. The molecule has 1 aliphatic carbocycles. The highest BCUT2D eigenvalue weighted by molar-refractivity contribution is 5.79. The summed E-state index contributed by atoms with van der Waals surface area (Å²) in [7, 11) is 1.34. The van der Waals surface area contributed by atoms with Crippen molar-refractivity contribution < 1.29 is 63.9 Å². The van der Waals surface area contributed by atoms with E-state index in [4.69, 9.17) is 28.4 Å². The molecule has 3 aliphatic heterocycles. The minimum absolute atomic E-state index is 0.00917. The van der Waals surface area contributed by atoms with Crippen molar-refractivity contribution in [1.82, 2.24) is 0 Å². The van der Waals surface area contributed by atoms with Gasteiger partial charge in [0.05, 0.1) is 32.3 Å². The van der Waals surface area contributed by atoms with E-state index in [0.29, 0.717) is 28.2 Å². The van der Waals surface area contributed by atoms with Crippen LogP contribution in [0.2, 0.25) is 0 Å². The predicted octanol–water partition coefficient (Wildman–Crippen LogP) is -0.373. The predicted molar refractivity (Wildman–Crippen MR) is 126 cm³/mol. The first kappa shape index (κ1) is 25.9. The zero-order valence-corrected chi connectivity index (χ0v) is 20.7. The SMILES string of the molecule is COc1cc([C@@H]2c3cc4c(cc3[C@H](O[C@@H]3O[C@H](CO)[C@@H](O)[C@H](O)[C@H]3O)[C@H]3COC(=O)[C@H]23)OCO4)cc(O)c1O. The Hall–Kier alpha value is -3.33. The van der Waals surface area contributed by atoms with E-state index in [1.807, 2.05) is 0 Å². The molecule has 210 valence electrons. The normalized spacial score (nSPS) is 34.8. The molecular formula is C26H28O13. The van der Waals surface area contributed by atoms with Crippen molar-refractivity contribution in [1.29, 1.82) is 0 Å². The number of esters is 1. The lowest BCUT2D eigenvalue weighted by molar-refractivity contribution is -0.317. The lowest BCUT2D eigenvalue weighted by Gasteiger charge is -2.44. The van der Waals surface area contributed by atoms with Crippen LogP contribution in [0, 0.1) is 11.8 Å². The van der Waals surface area contributed by atoms with Gasteiger partial charge in [-0.05, 0) is 41.0 Å². The summed E-state index contributed by atoms with van der Waals surface area (Å²) in [6.07, 6.45) is -8.45. The summed E-state index contributed by atoms with van der Waals surface area (Å²) in [6.45, 7) is -0.701. The number of phenols is 2. The zero-order chi connectivity index (χ0) is 27.6. The van der Waals surface area contributed by atoms with Crippen LogP contribution in [-0.4, -0.2) is 94.4 Å². The fourth-order valence-electron chi connectivity index (χ4n) is 5.96. The molecule has 9 atom stereocenters. The Morgan fingerprint density at radius 1 is 0.949 bits per heavy atom. The van der Waals surface area contributed by atoms with E-state index >= 15 is 0 Å². The minimum atomic E-state index is -1.66. The standard InChI is InChI=1S/C26H28O13/c1-34-16-3-9(2-13(28)20(16)29)18-10-4-14-15(37-8-36-14)5-11(10)24(12-7-35-25(33)19(12)18)39-26-23(32)22(31)21(30)17(6-27)38-26/h2-5,12,17-19,21-24,26-32H,6-8H2,1H3/t12-,17+,18+,19-,21+,22-,23+,24-,26-/m0/s1. The maximum absolute atomic E-state index is 13.2. The van der Waals surface area contributed by atoms with Crippen molar-refractivity contribution in [2.24, 2.45) is 11.8 Å². The van der Waals surface area contributed by atoms with E-state index in [9.17, 15) is 35.4 Å². The molecule has 6 N–H and O–H groups in total. The first-order valence-corrected chi connectivity index (χ1v) is 12.4. The number of cyclic esters (lactones) is 1. The van der Waals surface area contributed by atoms with Crippen molar-refractivity contribution in [3.05, 3.63) is 41.0 Å².